The highest BCUT2D eigenvalue weighted by Gasteiger charge is 2.41. The topological polar surface area (TPSA) is 0 Å². The van der Waals surface area contributed by atoms with Crippen molar-refractivity contribution >= 4 is 31.9 Å². The third kappa shape index (κ3) is 7.19. The first-order valence-corrected chi connectivity index (χ1v) is 13.9. The highest BCUT2D eigenvalue weighted by molar-refractivity contribution is 9.10. The minimum atomic E-state index is -0.264. The Labute approximate surface area is 227 Å². The molecule has 2 heteroatoms. The summed E-state index contributed by atoms with van der Waals surface area (Å²) in [7, 11) is 0. The number of allylic oxidation sites excluding steroid dienone is 1. The van der Waals surface area contributed by atoms with Gasteiger partial charge in [0.25, 0.3) is 0 Å². The fraction of sp³-hybridized carbons (Fsp3) is 0.333. The van der Waals surface area contributed by atoms with Crippen molar-refractivity contribution < 1.29 is 0 Å². The fourth-order valence-corrected chi connectivity index (χ4v) is 5.51. The lowest BCUT2D eigenvalue weighted by Gasteiger charge is -2.28. The van der Waals surface area contributed by atoms with E-state index in [1.165, 1.54) is 67.2 Å². The summed E-state index contributed by atoms with van der Waals surface area (Å²) >= 11 is 7.42. The van der Waals surface area contributed by atoms with Crippen LogP contribution in [0, 0.1) is 0 Å². The van der Waals surface area contributed by atoms with E-state index in [0.29, 0.717) is 0 Å². The second-order valence-electron chi connectivity index (χ2n) is 8.79. The van der Waals surface area contributed by atoms with E-state index in [2.05, 4.69) is 134 Å². The Bertz CT molecular complexity index is 1310. The Balaban J connectivity index is 2.01. The number of halogens is 2. The molecule has 0 heterocycles. The predicted octanol–water partition coefficient (Wildman–Crippen LogP) is 10.4. The van der Waals surface area contributed by atoms with Gasteiger partial charge < -0.3 is 0 Å². The van der Waals surface area contributed by atoms with Crippen molar-refractivity contribution in [1.29, 1.82) is 0 Å². The van der Waals surface area contributed by atoms with Crippen LogP contribution >= 0.6 is 31.9 Å². The monoisotopic (exact) mass is 584 g/mol. The molecule has 176 valence electrons. The smallest absolute Gasteiger partial charge is 0.0475 e. The fourth-order valence-electron chi connectivity index (χ4n) is 4.79. The van der Waals surface area contributed by atoms with E-state index in [9.17, 15) is 0 Å². The van der Waals surface area contributed by atoms with Gasteiger partial charge in [0.1, 0.15) is 0 Å². The van der Waals surface area contributed by atoms with Crippen LogP contribution in [0.25, 0.3) is 11.1 Å². The quantitative estimate of drug-likeness (QED) is 0.192. The van der Waals surface area contributed by atoms with Crippen LogP contribution < -0.4 is 0 Å². The molecule has 0 amide bonds. The van der Waals surface area contributed by atoms with Crippen molar-refractivity contribution in [3.63, 3.8) is 0 Å². The summed E-state index contributed by atoms with van der Waals surface area (Å²) in [4.78, 5) is 0. The summed E-state index contributed by atoms with van der Waals surface area (Å²) in [6.45, 7) is 5.70. The van der Waals surface area contributed by atoms with Crippen molar-refractivity contribution in [2.75, 3.05) is 0 Å². The number of unbranched alkanes of at least 4 members (excludes halogenated alkanes) is 7. The van der Waals surface area contributed by atoms with Gasteiger partial charge in [-0.05, 0) is 100.0 Å². The number of hydrogen-bond donors (Lipinski definition) is 0. The molecule has 0 unspecified atom stereocenters. The number of fused-ring (bicyclic) bond motifs is 3. The third-order valence-corrected chi connectivity index (χ3v) is 7.42. The van der Waals surface area contributed by atoms with E-state index in [1.807, 2.05) is 0 Å². The van der Waals surface area contributed by atoms with Crippen LogP contribution in [0.2, 0.25) is 0 Å². The molecule has 0 atom stereocenters. The van der Waals surface area contributed by atoms with E-state index in [1.54, 1.807) is 0 Å². The standard InChI is InChI=1S/C33H30Br2/c1-3-5-7-9-11-13-15-17-23-33(24-18-16-14-12-10-8-6-4-2)31-25-27(34)19-21-29(31)30-22-20-28(35)26-32(30)33/h19-23,25-26H,1,4,6,8,10,12,14,16,18,24H2,2H3. The summed E-state index contributed by atoms with van der Waals surface area (Å²) < 4.78 is 2.18. The maximum Gasteiger partial charge on any atom is 0.0475 e. The molecule has 0 nitrogen and oxygen atoms in total. The highest BCUT2D eigenvalue weighted by atomic mass is 79.9. The van der Waals surface area contributed by atoms with Crippen LogP contribution in [0.3, 0.4) is 0 Å². The molecule has 0 aliphatic heterocycles. The maximum absolute atomic E-state index is 3.71. The van der Waals surface area contributed by atoms with Gasteiger partial charge in [-0.1, -0.05) is 114 Å². The summed E-state index contributed by atoms with van der Waals surface area (Å²) in [6, 6.07) is 13.2. The van der Waals surface area contributed by atoms with E-state index < -0.39 is 0 Å². The average molecular weight is 586 g/mol. The zero-order valence-electron chi connectivity index (χ0n) is 20.4. The lowest BCUT2D eigenvalue weighted by Crippen LogP contribution is -2.22. The van der Waals surface area contributed by atoms with E-state index in [-0.39, 0.29) is 5.41 Å². The predicted molar refractivity (Wildman–Crippen MR) is 154 cm³/mol. The molecule has 35 heavy (non-hydrogen) atoms. The Morgan fingerprint density at radius 1 is 0.714 bits per heavy atom. The molecule has 0 aromatic heterocycles. The van der Waals surface area contributed by atoms with Gasteiger partial charge >= 0.3 is 0 Å². The van der Waals surface area contributed by atoms with Gasteiger partial charge in [0.05, 0.1) is 0 Å². The normalized spacial score (nSPS) is 11.7. The van der Waals surface area contributed by atoms with Crippen molar-refractivity contribution in [2.24, 2.45) is 0 Å². The van der Waals surface area contributed by atoms with E-state index >= 15 is 0 Å². The molecule has 0 bridgehead atoms. The minimum absolute atomic E-state index is 0.264. The van der Waals surface area contributed by atoms with Crippen molar-refractivity contribution in [1.82, 2.24) is 0 Å². The van der Waals surface area contributed by atoms with Gasteiger partial charge in [0.2, 0.25) is 0 Å². The van der Waals surface area contributed by atoms with Crippen molar-refractivity contribution in [2.45, 2.75) is 70.1 Å². The molecule has 0 saturated heterocycles. The molecule has 2 aromatic rings. The Morgan fingerprint density at radius 2 is 1.23 bits per heavy atom. The van der Waals surface area contributed by atoms with Gasteiger partial charge in [0, 0.05) is 14.4 Å². The largest absolute Gasteiger partial charge is 0.0687 e. The first-order chi connectivity index (χ1) is 17.1. The van der Waals surface area contributed by atoms with Gasteiger partial charge in [-0.25, -0.2) is 0 Å². The van der Waals surface area contributed by atoms with Crippen LogP contribution in [0.4, 0.5) is 0 Å². The summed E-state index contributed by atoms with van der Waals surface area (Å²) in [6.07, 6.45) is 13.6. The summed E-state index contributed by atoms with van der Waals surface area (Å²) in [5.41, 5.74) is 27.1. The van der Waals surface area contributed by atoms with Gasteiger partial charge in [-0.15, -0.1) is 0 Å². The van der Waals surface area contributed by atoms with Crippen LogP contribution in [-0.2, 0) is 5.41 Å². The lowest BCUT2D eigenvalue weighted by atomic mass is 9.74. The van der Waals surface area contributed by atoms with Gasteiger partial charge in [-0.3, -0.25) is 0 Å². The number of hydrogen-bond acceptors (Lipinski definition) is 0. The van der Waals surface area contributed by atoms with Crippen LogP contribution in [0.15, 0.2) is 104 Å². The van der Waals surface area contributed by atoms with Gasteiger partial charge in [-0.2, -0.15) is 0 Å². The second-order valence-corrected chi connectivity index (χ2v) is 10.6. The molecule has 0 radical (unpaired) electrons. The number of rotatable bonds is 10. The molecule has 0 spiro atoms. The van der Waals surface area contributed by atoms with E-state index in [0.717, 1.165) is 21.8 Å². The Morgan fingerprint density at radius 3 is 1.80 bits per heavy atom. The van der Waals surface area contributed by atoms with Crippen molar-refractivity contribution in [3.8, 4) is 11.1 Å². The molecule has 2 aromatic carbocycles. The molecule has 0 saturated carbocycles. The second kappa shape index (κ2) is 14.1. The molecule has 0 fully saturated rings. The van der Waals surface area contributed by atoms with Gasteiger partial charge in [0.15, 0.2) is 0 Å². The lowest BCUT2D eigenvalue weighted by molar-refractivity contribution is 0.511. The SMILES string of the molecule is C=C=C=C=C=C=C=C=C=CC1(CCCCCCCCCC)c2cc(Br)ccc2-c2ccc(Br)cc21. The molecular formula is C33H30Br2. The first kappa shape index (κ1) is 27.0. The Hall–Kier alpha value is -2.62. The van der Waals surface area contributed by atoms with Crippen molar-refractivity contribution in [3.05, 3.63) is 115 Å². The number of benzene rings is 2. The van der Waals surface area contributed by atoms with Crippen LogP contribution in [0.5, 0.6) is 0 Å². The average Bonchev–Trinajstić information content (AvgIpc) is 3.11. The molecule has 1 aliphatic carbocycles. The minimum Gasteiger partial charge on any atom is -0.0687 e. The maximum atomic E-state index is 3.71. The zero-order valence-corrected chi connectivity index (χ0v) is 23.5. The highest BCUT2D eigenvalue weighted by Crippen LogP contribution is 2.53. The summed E-state index contributed by atoms with van der Waals surface area (Å²) in [5, 5.41) is 0. The summed E-state index contributed by atoms with van der Waals surface area (Å²) in [5.74, 6) is 0. The molecule has 3 rings (SSSR count). The third-order valence-electron chi connectivity index (χ3n) is 6.43. The molecular weight excluding hydrogens is 556 g/mol. The molecule has 1 aliphatic rings. The Kier molecular flexibility index (Phi) is 10.8. The van der Waals surface area contributed by atoms with E-state index in [4.69, 9.17) is 0 Å². The van der Waals surface area contributed by atoms with Crippen LogP contribution in [-0.4, -0.2) is 0 Å². The van der Waals surface area contributed by atoms with Crippen LogP contribution in [0.1, 0.15) is 75.8 Å². The molecule has 0 N–H and O–H groups in total. The zero-order chi connectivity index (χ0) is 24.9. The first-order valence-electron chi connectivity index (χ1n) is 12.3.